The number of nitrogens with one attached hydrogen (secondary N) is 3. The summed E-state index contributed by atoms with van der Waals surface area (Å²) in [7, 11) is 1.87. The van der Waals surface area contributed by atoms with Crippen LogP contribution in [0.2, 0.25) is 0 Å². The molecule has 2 amide bonds. The average Bonchev–Trinajstić information content (AvgIpc) is 3.28. The smallest absolute Gasteiger partial charge is 0.246 e. The van der Waals surface area contributed by atoms with Crippen LogP contribution in [0.25, 0.3) is 5.57 Å². The van der Waals surface area contributed by atoms with Crippen molar-refractivity contribution >= 4 is 17.4 Å². The number of amides is 2. The van der Waals surface area contributed by atoms with Crippen LogP contribution in [-0.2, 0) is 16.1 Å². The number of rotatable bonds is 5. The number of nitrogens with zero attached hydrogens (tertiary/aromatic N) is 2. The maximum atomic E-state index is 14.1. The molecule has 0 aromatic heterocycles. The zero-order valence-electron chi connectivity index (χ0n) is 18.4. The van der Waals surface area contributed by atoms with E-state index in [2.05, 4.69) is 16.1 Å². The van der Waals surface area contributed by atoms with Gasteiger partial charge in [0.05, 0.1) is 18.1 Å². The summed E-state index contributed by atoms with van der Waals surface area (Å²) in [6.07, 6.45) is 6.09. The van der Waals surface area contributed by atoms with Crippen molar-refractivity contribution in [1.29, 1.82) is 0 Å². The van der Waals surface area contributed by atoms with Crippen molar-refractivity contribution in [3.8, 4) is 0 Å². The molecule has 1 saturated heterocycles. The van der Waals surface area contributed by atoms with E-state index in [1.165, 1.54) is 17.0 Å². The molecule has 170 valence electrons. The molecule has 0 saturated carbocycles. The molecule has 4 rings (SSSR count). The van der Waals surface area contributed by atoms with Crippen LogP contribution in [0.15, 0.2) is 48.4 Å². The van der Waals surface area contributed by atoms with Gasteiger partial charge in [-0.1, -0.05) is 0 Å². The van der Waals surface area contributed by atoms with E-state index in [-0.39, 0.29) is 30.7 Å². The molecule has 1 aromatic carbocycles. The second-order valence-corrected chi connectivity index (χ2v) is 8.89. The number of halogens is 1. The number of aliphatic hydroxyl groups excluding tert-OH is 1. The zero-order chi connectivity index (χ0) is 23.0. The highest BCUT2D eigenvalue weighted by molar-refractivity contribution is 5.88. The molecular formula is C23H28FN5O3. The lowest BCUT2D eigenvalue weighted by Crippen LogP contribution is -2.43. The minimum absolute atomic E-state index is 0.166. The summed E-state index contributed by atoms with van der Waals surface area (Å²) in [5, 5.41) is 17.8. The number of hydrazine groups is 1. The first-order valence-corrected chi connectivity index (χ1v) is 10.5. The number of hydrogen-bond acceptors (Lipinski definition) is 6. The molecule has 0 aliphatic carbocycles. The molecule has 9 heteroatoms. The van der Waals surface area contributed by atoms with E-state index in [0.29, 0.717) is 17.8 Å². The van der Waals surface area contributed by atoms with Gasteiger partial charge < -0.3 is 25.6 Å². The molecule has 3 heterocycles. The van der Waals surface area contributed by atoms with Gasteiger partial charge in [0.15, 0.2) is 0 Å². The highest BCUT2D eigenvalue weighted by Gasteiger charge is 2.47. The van der Waals surface area contributed by atoms with Crippen LogP contribution >= 0.6 is 0 Å². The number of aliphatic hydroxyl groups is 1. The number of likely N-dealkylation sites (tertiary alicyclic amines) is 1. The summed E-state index contributed by atoms with van der Waals surface area (Å²) in [4.78, 5) is 26.9. The van der Waals surface area contributed by atoms with E-state index in [9.17, 15) is 19.1 Å². The van der Waals surface area contributed by atoms with Gasteiger partial charge in [-0.15, -0.1) is 0 Å². The predicted octanol–water partition coefficient (Wildman–Crippen LogP) is 0.832. The van der Waals surface area contributed by atoms with E-state index in [1.807, 2.05) is 24.3 Å². The second-order valence-electron chi connectivity index (χ2n) is 8.89. The van der Waals surface area contributed by atoms with Gasteiger partial charge in [0, 0.05) is 32.0 Å². The quantitative estimate of drug-likeness (QED) is 0.541. The van der Waals surface area contributed by atoms with Gasteiger partial charge in [0.25, 0.3) is 0 Å². The molecular weight excluding hydrogens is 413 g/mol. The first kappa shape index (κ1) is 22.0. The number of β-amino-alcohol motifs (C(OH)–C–C–N with tert-alkyl or cyclic N) is 1. The lowest BCUT2D eigenvalue weighted by atomic mass is 9.89. The Morgan fingerprint density at radius 1 is 1.34 bits per heavy atom. The van der Waals surface area contributed by atoms with E-state index in [4.69, 9.17) is 0 Å². The van der Waals surface area contributed by atoms with Crippen molar-refractivity contribution in [1.82, 2.24) is 26.0 Å². The SMILES string of the molecule is CN1C=C(c2cc(F)cc(CNC(=O)C3C=C(N4CC(O)C(C)(C)C4=O)C=CN3)c2)CN1. The molecule has 1 aromatic rings. The van der Waals surface area contributed by atoms with Gasteiger partial charge in [-0.3, -0.25) is 9.59 Å². The van der Waals surface area contributed by atoms with Gasteiger partial charge in [0.1, 0.15) is 11.9 Å². The van der Waals surface area contributed by atoms with Crippen LogP contribution in [0.4, 0.5) is 4.39 Å². The molecule has 4 N–H and O–H groups in total. The van der Waals surface area contributed by atoms with Crippen molar-refractivity contribution < 1.29 is 19.1 Å². The Balaban J connectivity index is 1.43. The van der Waals surface area contributed by atoms with Crippen LogP contribution in [0.1, 0.15) is 25.0 Å². The third-order valence-electron chi connectivity index (χ3n) is 6.11. The summed E-state index contributed by atoms with van der Waals surface area (Å²) >= 11 is 0. The molecule has 0 spiro atoms. The number of dihydropyridines is 1. The van der Waals surface area contributed by atoms with E-state index in [0.717, 1.165) is 11.1 Å². The normalized spacial score (nSPS) is 24.3. The Labute approximate surface area is 186 Å². The maximum Gasteiger partial charge on any atom is 0.246 e. The number of carbonyl (C=O) groups excluding carboxylic acids is 2. The summed E-state index contributed by atoms with van der Waals surface area (Å²) in [6.45, 7) is 4.37. The van der Waals surface area contributed by atoms with Crippen LogP contribution in [0.3, 0.4) is 0 Å². The number of carbonyl (C=O) groups is 2. The molecule has 1 fully saturated rings. The summed E-state index contributed by atoms with van der Waals surface area (Å²) in [6, 6.07) is 4.05. The fraction of sp³-hybridized carbons (Fsp3) is 0.391. The molecule has 3 aliphatic heterocycles. The predicted molar refractivity (Wildman–Crippen MR) is 118 cm³/mol. The Morgan fingerprint density at radius 2 is 2.12 bits per heavy atom. The number of benzene rings is 1. The molecule has 32 heavy (non-hydrogen) atoms. The van der Waals surface area contributed by atoms with Crippen LogP contribution in [0.5, 0.6) is 0 Å². The van der Waals surface area contributed by atoms with Crippen molar-refractivity contribution in [3.63, 3.8) is 0 Å². The maximum absolute atomic E-state index is 14.1. The lowest BCUT2D eigenvalue weighted by molar-refractivity contribution is -0.134. The minimum Gasteiger partial charge on any atom is -0.390 e. The lowest BCUT2D eigenvalue weighted by Gasteiger charge is -2.25. The van der Waals surface area contributed by atoms with Crippen molar-refractivity contribution in [2.24, 2.45) is 5.41 Å². The Hall–Kier alpha value is -3.17. The molecule has 8 nitrogen and oxygen atoms in total. The van der Waals surface area contributed by atoms with E-state index in [1.54, 1.807) is 32.2 Å². The fourth-order valence-electron chi connectivity index (χ4n) is 3.99. The zero-order valence-corrected chi connectivity index (χ0v) is 18.4. The number of hydrogen-bond donors (Lipinski definition) is 4. The Morgan fingerprint density at radius 3 is 2.78 bits per heavy atom. The first-order chi connectivity index (χ1) is 15.1. The summed E-state index contributed by atoms with van der Waals surface area (Å²) in [5.41, 5.74) is 5.20. The van der Waals surface area contributed by atoms with E-state index >= 15 is 0 Å². The van der Waals surface area contributed by atoms with Crippen LogP contribution < -0.4 is 16.1 Å². The largest absolute Gasteiger partial charge is 0.390 e. The monoisotopic (exact) mass is 441 g/mol. The summed E-state index contributed by atoms with van der Waals surface area (Å²) in [5.74, 6) is -0.849. The molecule has 0 radical (unpaired) electrons. The van der Waals surface area contributed by atoms with E-state index < -0.39 is 17.6 Å². The van der Waals surface area contributed by atoms with Crippen molar-refractivity contribution in [3.05, 3.63) is 65.4 Å². The molecule has 3 aliphatic rings. The second kappa shape index (κ2) is 8.40. The third kappa shape index (κ3) is 4.26. The molecule has 2 atom stereocenters. The highest BCUT2D eigenvalue weighted by Crippen LogP contribution is 2.34. The van der Waals surface area contributed by atoms with Crippen LogP contribution in [0, 0.1) is 11.2 Å². The van der Waals surface area contributed by atoms with Gasteiger partial charge >= 0.3 is 0 Å². The molecule has 2 unspecified atom stereocenters. The average molecular weight is 442 g/mol. The van der Waals surface area contributed by atoms with Crippen molar-refractivity contribution in [2.45, 2.75) is 32.5 Å². The topological polar surface area (TPSA) is 96.9 Å². The van der Waals surface area contributed by atoms with Crippen LogP contribution in [-0.4, -0.2) is 59.1 Å². The standard InChI is InChI=1S/C23H28FN5O3/c1-23(2)20(30)13-29(22(23)32)18-4-5-25-19(9-18)21(31)26-10-14-6-15(8-17(24)7-14)16-11-27-28(3)12-16/h4-9,12,19-20,25,27,30H,10-11,13H2,1-3H3,(H,26,31). The first-order valence-electron chi connectivity index (χ1n) is 10.5. The molecule has 0 bridgehead atoms. The number of allylic oxidation sites excluding steroid dienone is 1. The van der Waals surface area contributed by atoms with Gasteiger partial charge in [0.2, 0.25) is 11.8 Å². The fourth-order valence-corrected chi connectivity index (χ4v) is 3.99. The summed E-state index contributed by atoms with van der Waals surface area (Å²) < 4.78 is 14.1. The Bertz CT molecular complexity index is 1030. The minimum atomic E-state index is -0.870. The third-order valence-corrected chi connectivity index (χ3v) is 6.11. The van der Waals surface area contributed by atoms with Gasteiger partial charge in [-0.05, 0) is 67.1 Å². The highest BCUT2D eigenvalue weighted by atomic mass is 19.1. The van der Waals surface area contributed by atoms with Crippen molar-refractivity contribution in [2.75, 3.05) is 20.1 Å². The van der Waals surface area contributed by atoms with Gasteiger partial charge in [-0.25, -0.2) is 9.82 Å². The Kier molecular flexibility index (Phi) is 5.79. The van der Waals surface area contributed by atoms with Gasteiger partial charge in [-0.2, -0.15) is 0 Å².